The maximum absolute atomic E-state index is 14.3. The van der Waals surface area contributed by atoms with Gasteiger partial charge in [-0.2, -0.15) is 0 Å². The lowest BCUT2D eigenvalue weighted by atomic mass is 9.96. The van der Waals surface area contributed by atoms with Crippen molar-refractivity contribution in [2.24, 2.45) is 28.9 Å². The molecule has 0 aliphatic heterocycles. The predicted molar refractivity (Wildman–Crippen MR) is 376 cm³/mol. The van der Waals surface area contributed by atoms with Crippen molar-refractivity contribution in [3.8, 4) is 0 Å². The molecule has 3 aromatic rings. The zero-order valence-electron chi connectivity index (χ0n) is 58.8. The molecule has 3 aromatic carbocycles. The van der Waals surface area contributed by atoms with Crippen molar-refractivity contribution in [3.63, 3.8) is 0 Å². The summed E-state index contributed by atoms with van der Waals surface area (Å²) in [4.78, 5) is 237. The lowest BCUT2D eigenvalue weighted by molar-refractivity contribution is -0.143. The Kier molecular flexibility index (Phi) is 38.3. The number of carboxylic acid groups (broad SMARTS) is 4. The van der Waals surface area contributed by atoms with Crippen LogP contribution in [0.5, 0.6) is 0 Å². The van der Waals surface area contributed by atoms with E-state index in [-0.39, 0.29) is 38.6 Å². The van der Waals surface area contributed by atoms with E-state index >= 15 is 0 Å². The Morgan fingerprint density at radius 1 is 0.398 bits per heavy atom. The number of rotatable bonds is 49. The van der Waals surface area contributed by atoms with E-state index < -0.39 is 250 Å². The van der Waals surface area contributed by atoms with Crippen LogP contribution in [-0.2, 0) is 106 Å². The molecule has 0 heterocycles. The van der Waals surface area contributed by atoms with Gasteiger partial charge in [0.15, 0.2) is 5.96 Å². The molecule has 14 amide bonds. The molecule has 41 nitrogen and oxygen atoms in total. The Morgan fingerprint density at radius 3 is 1.17 bits per heavy atom. The molecule has 0 fully saturated rings. The molecule has 0 radical (unpaired) electrons. The van der Waals surface area contributed by atoms with Gasteiger partial charge < -0.3 is 118 Å². The summed E-state index contributed by atoms with van der Waals surface area (Å²) < 4.78 is 0. The van der Waals surface area contributed by atoms with Gasteiger partial charge >= 0.3 is 23.9 Å². The highest BCUT2D eigenvalue weighted by Gasteiger charge is 2.38. The van der Waals surface area contributed by atoms with Crippen LogP contribution >= 0.6 is 0 Å². The highest BCUT2D eigenvalue weighted by molar-refractivity contribution is 6.01. The van der Waals surface area contributed by atoms with Crippen LogP contribution in [0, 0.1) is 11.3 Å². The monoisotopic (exact) mass is 1520 g/mol. The summed E-state index contributed by atoms with van der Waals surface area (Å²) in [5.41, 5.74) is 23.0. The third-order valence-electron chi connectivity index (χ3n) is 15.9. The molecule has 41 heteroatoms. The second-order valence-electron chi connectivity index (χ2n) is 24.6. The molecule has 0 aliphatic carbocycles. The third-order valence-corrected chi connectivity index (χ3v) is 15.9. The number of carboxylic acids is 4. The van der Waals surface area contributed by atoms with Crippen LogP contribution in [0.4, 0.5) is 0 Å². The Balaban J connectivity index is 1.84. The van der Waals surface area contributed by atoms with E-state index in [1.54, 1.807) is 91.0 Å². The highest BCUT2D eigenvalue weighted by atomic mass is 16.4. The first-order chi connectivity index (χ1) is 51.0. The van der Waals surface area contributed by atoms with Crippen molar-refractivity contribution in [1.29, 1.82) is 5.41 Å². The third kappa shape index (κ3) is 33.8. The summed E-state index contributed by atoms with van der Waals surface area (Å²) in [6.45, 7) is -0.120. The number of hydrogen-bond donors (Lipinski definition) is 23. The lowest BCUT2D eigenvalue weighted by Gasteiger charge is -2.29. The normalized spacial score (nSPS) is 14.1. The molecule has 0 saturated carbocycles. The van der Waals surface area contributed by atoms with E-state index in [9.17, 15) is 112 Å². The molecule has 27 N–H and O–H groups in total. The van der Waals surface area contributed by atoms with Crippen molar-refractivity contribution < 1.29 is 112 Å². The molecule has 108 heavy (non-hydrogen) atoms. The van der Waals surface area contributed by atoms with Crippen LogP contribution in [0.3, 0.4) is 0 Å². The smallest absolute Gasteiger partial charge is 0.326 e. The summed E-state index contributed by atoms with van der Waals surface area (Å²) in [5.74, 6) is -24.0. The molecule has 0 saturated heterocycles. The van der Waals surface area contributed by atoms with Gasteiger partial charge in [-0.05, 0) is 41.9 Å². The number of aliphatic hydroxyl groups excluding tert-OH is 1. The Bertz CT molecular complexity index is 3690. The van der Waals surface area contributed by atoms with E-state index in [4.69, 9.17) is 28.3 Å². The van der Waals surface area contributed by atoms with Gasteiger partial charge in [0, 0.05) is 32.2 Å². The van der Waals surface area contributed by atoms with Crippen LogP contribution in [0.15, 0.2) is 91.0 Å². The largest absolute Gasteiger partial charge is 0.481 e. The van der Waals surface area contributed by atoms with Crippen molar-refractivity contribution in [1.82, 2.24) is 69.1 Å². The number of aliphatic carboxylic acids is 4. The van der Waals surface area contributed by atoms with Crippen molar-refractivity contribution >= 4 is 113 Å². The quantitative estimate of drug-likeness (QED) is 0.0142. The molecule has 3 rings (SSSR count). The number of primary amides is 2. The van der Waals surface area contributed by atoms with Crippen LogP contribution in [0.25, 0.3) is 0 Å². The van der Waals surface area contributed by atoms with Gasteiger partial charge in [0.05, 0.1) is 51.4 Å². The predicted octanol–water partition coefficient (Wildman–Crippen LogP) is -7.93. The number of amides is 14. The number of benzene rings is 3. The van der Waals surface area contributed by atoms with Crippen LogP contribution in [0.1, 0.15) is 88.3 Å². The Morgan fingerprint density at radius 2 is 0.759 bits per heavy atom. The standard InChI is InChI=1S/C67H92N18O23/c1-3-34(2)55(85-60(101)40(21-22-52(91)92)79-63(104)44(29-53(93)94)81-62(103)43(26-37-18-11-6-12-19-37)80-56(97)38(68)27-48(69)87)65(106)82-45(30-54(95)96)64(105)78-39(20-13-23-73-67(71)72)59(100)84-47(33-86)58(99)75-32-50(89)76-41(24-35-14-7-4-8-15-35)57(98)74-31-51(90)77-42(25-36-16-9-5-10-17-36)61(102)83-46(66(107)108)28-49(70)88/h4-12,14-19,34,38-47,55,86H,3,13,20-33,68H2,1-2H3,(H2,69,87)(H2,70,88)(H,74,98)(H,75,99)(H,76,89)(H,77,90)(H,78,105)(H,79,104)(H,80,97)(H,81,103)(H,82,106)(H,83,102)(H,84,100)(H,85,101)(H,91,92)(H,93,94)(H,95,96)(H,107,108)(H4,71,72,73). The second kappa shape index (κ2) is 46.2. The van der Waals surface area contributed by atoms with E-state index in [0.29, 0.717) is 16.7 Å². The fourth-order valence-electron chi connectivity index (χ4n) is 10.1. The van der Waals surface area contributed by atoms with Gasteiger partial charge in [-0.1, -0.05) is 111 Å². The number of hydrogen-bond acceptors (Lipinski definition) is 21. The number of carbonyl (C=O) groups is 18. The van der Waals surface area contributed by atoms with Gasteiger partial charge in [-0.3, -0.25) is 86.9 Å². The number of guanidine groups is 1. The summed E-state index contributed by atoms with van der Waals surface area (Å²) in [5, 5.41) is 86.7. The molecule has 12 atom stereocenters. The number of aliphatic hydroxyl groups is 1. The maximum atomic E-state index is 14.3. The zero-order chi connectivity index (χ0) is 80.7. The molecular formula is C67H92N18O23. The zero-order valence-corrected chi connectivity index (χ0v) is 58.8. The molecule has 0 spiro atoms. The number of nitrogens with one attached hydrogen (secondary N) is 14. The minimum atomic E-state index is -2.12. The molecule has 0 bridgehead atoms. The summed E-state index contributed by atoms with van der Waals surface area (Å²) in [7, 11) is 0. The van der Waals surface area contributed by atoms with Crippen LogP contribution in [-0.4, -0.2) is 231 Å². The average molecular weight is 1520 g/mol. The van der Waals surface area contributed by atoms with E-state index in [1.165, 1.54) is 13.8 Å². The minimum Gasteiger partial charge on any atom is -0.481 e. The molecule has 0 aliphatic rings. The average Bonchev–Trinajstić information content (AvgIpc) is 0.862. The van der Waals surface area contributed by atoms with Gasteiger partial charge in [-0.15, -0.1) is 0 Å². The lowest BCUT2D eigenvalue weighted by Crippen LogP contribution is -2.61. The van der Waals surface area contributed by atoms with Gasteiger partial charge in [0.25, 0.3) is 0 Å². The van der Waals surface area contributed by atoms with Crippen molar-refractivity contribution in [3.05, 3.63) is 108 Å². The fraction of sp³-hybridized carbons (Fsp3) is 0.448. The van der Waals surface area contributed by atoms with Crippen LogP contribution in [0.2, 0.25) is 0 Å². The fourth-order valence-corrected chi connectivity index (χ4v) is 10.1. The second-order valence-corrected chi connectivity index (χ2v) is 24.6. The summed E-state index contributed by atoms with van der Waals surface area (Å²) in [6, 6.07) is 4.70. The van der Waals surface area contributed by atoms with Gasteiger partial charge in [0.1, 0.15) is 60.4 Å². The van der Waals surface area contributed by atoms with Gasteiger partial charge in [0.2, 0.25) is 82.7 Å². The van der Waals surface area contributed by atoms with E-state index in [1.807, 2.05) is 0 Å². The first-order valence-electron chi connectivity index (χ1n) is 33.6. The minimum absolute atomic E-state index is 0.0445. The SMILES string of the molecule is CCC(C)C(NC(=O)C(CCC(=O)O)NC(=O)C(CC(=O)O)NC(=O)C(Cc1ccccc1)NC(=O)C(N)CC(N)=O)C(=O)NC(CC(=O)O)C(=O)NC(CCCNC(=N)N)C(=O)NC(CO)C(=O)NCC(=O)NC(Cc1ccccc1)C(=O)NCC(=O)NC(Cc1ccccc1)C(=O)NC(CC(N)=O)C(=O)O. The first kappa shape index (κ1) is 89.5. The highest BCUT2D eigenvalue weighted by Crippen LogP contribution is 2.14. The van der Waals surface area contributed by atoms with E-state index in [0.717, 1.165) is 0 Å². The molecular weight excluding hydrogens is 1420 g/mol. The number of nitrogens with two attached hydrogens (primary N) is 4. The first-order valence-corrected chi connectivity index (χ1v) is 33.6. The summed E-state index contributed by atoms with van der Waals surface area (Å²) >= 11 is 0. The Hall–Kier alpha value is -12.7. The molecule has 12 unspecified atom stereocenters. The van der Waals surface area contributed by atoms with Crippen molar-refractivity contribution in [2.45, 2.75) is 157 Å². The van der Waals surface area contributed by atoms with Crippen LogP contribution < -0.4 is 92.1 Å². The number of carbonyl (C=O) groups excluding carboxylic acids is 14. The van der Waals surface area contributed by atoms with Gasteiger partial charge in [-0.25, -0.2) is 4.79 Å². The maximum Gasteiger partial charge on any atom is 0.326 e. The summed E-state index contributed by atoms with van der Waals surface area (Å²) in [6.07, 6.45) is -6.57. The molecule has 588 valence electrons. The topological polar surface area (TPSA) is 693 Å². The molecule has 0 aromatic heterocycles. The van der Waals surface area contributed by atoms with Crippen molar-refractivity contribution in [2.75, 3.05) is 26.2 Å². The Labute approximate surface area is 616 Å². The van der Waals surface area contributed by atoms with E-state index in [2.05, 4.69) is 69.1 Å².